The topological polar surface area (TPSA) is 75.5 Å². The van der Waals surface area contributed by atoms with Gasteiger partial charge in [0.15, 0.2) is 0 Å². The molecule has 23 heavy (non-hydrogen) atoms. The molecule has 0 aliphatic carbocycles. The molecule has 6 nitrogen and oxygen atoms in total. The zero-order chi connectivity index (χ0) is 17.0. The van der Waals surface area contributed by atoms with Crippen molar-refractivity contribution in [3.8, 4) is 0 Å². The molecule has 0 fully saturated rings. The van der Waals surface area contributed by atoms with Crippen molar-refractivity contribution in [1.82, 2.24) is 5.43 Å². The van der Waals surface area contributed by atoms with Crippen LogP contribution in [0.25, 0.3) is 0 Å². The molecule has 0 spiro atoms. The SMILES string of the molecule is O=C(NN(c1ccccc1)c1ccccc1[N+](=O)[O-])C(F)(F)F. The van der Waals surface area contributed by atoms with E-state index in [0.717, 1.165) is 11.1 Å². The molecule has 0 aliphatic rings. The van der Waals surface area contributed by atoms with Crippen LogP contribution in [0.4, 0.5) is 30.2 Å². The standard InChI is InChI=1S/C14H10F3N3O3/c15-14(16,17)13(21)18-19(10-6-2-1-3-7-10)11-8-4-5-9-12(11)20(22)23/h1-9H,(H,18,21). The van der Waals surface area contributed by atoms with Crippen molar-refractivity contribution in [2.75, 3.05) is 5.01 Å². The number of nitrogens with one attached hydrogen (secondary N) is 1. The highest BCUT2D eigenvalue weighted by atomic mass is 19.4. The van der Waals surface area contributed by atoms with Crippen LogP contribution in [0.5, 0.6) is 0 Å². The van der Waals surface area contributed by atoms with Gasteiger partial charge in [-0.2, -0.15) is 13.2 Å². The van der Waals surface area contributed by atoms with Crippen LogP contribution >= 0.6 is 0 Å². The smallest absolute Gasteiger partial charge is 0.263 e. The summed E-state index contributed by atoms with van der Waals surface area (Å²) in [5, 5.41) is 11.8. The maximum Gasteiger partial charge on any atom is 0.472 e. The largest absolute Gasteiger partial charge is 0.472 e. The summed E-state index contributed by atoms with van der Waals surface area (Å²) >= 11 is 0. The number of rotatable bonds is 4. The number of hydrogen-bond donors (Lipinski definition) is 1. The van der Waals surface area contributed by atoms with E-state index in [1.54, 1.807) is 11.5 Å². The number of halogens is 3. The Kier molecular flexibility index (Phi) is 4.49. The third-order valence-corrected chi connectivity index (χ3v) is 2.80. The summed E-state index contributed by atoms with van der Waals surface area (Å²) in [5.74, 6) is -2.24. The molecule has 1 N–H and O–H groups in total. The number of alkyl halides is 3. The Balaban J connectivity index is 2.51. The lowest BCUT2D eigenvalue weighted by Crippen LogP contribution is -2.46. The zero-order valence-corrected chi connectivity index (χ0v) is 11.4. The number of amides is 1. The lowest BCUT2D eigenvalue weighted by atomic mass is 10.2. The van der Waals surface area contributed by atoms with E-state index in [1.807, 2.05) is 0 Å². The van der Waals surface area contributed by atoms with Gasteiger partial charge in [-0.1, -0.05) is 30.3 Å². The van der Waals surface area contributed by atoms with Crippen LogP contribution in [0.15, 0.2) is 54.6 Å². The molecule has 0 atom stereocenters. The van der Waals surface area contributed by atoms with Crippen LogP contribution in [0.3, 0.4) is 0 Å². The first-order chi connectivity index (χ1) is 10.8. The van der Waals surface area contributed by atoms with E-state index in [9.17, 15) is 28.1 Å². The summed E-state index contributed by atoms with van der Waals surface area (Å²) in [5.41, 5.74) is 1.15. The summed E-state index contributed by atoms with van der Waals surface area (Å²) in [7, 11) is 0. The second-order valence-electron chi connectivity index (χ2n) is 4.36. The normalized spacial score (nSPS) is 10.9. The molecule has 0 radical (unpaired) electrons. The van der Waals surface area contributed by atoms with Crippen LogP contribution in [0, 0.1) is 10.1 Å². The molecule has 9 heteroatoms. The molecule has 120 valence electrons. The van der Waals surface area contributed by atoms with Gasteiger partial charge in [-0.25, -0.2) is 5.01 Å². The van der Waals surface area contributed by atoms with Gasteiger partial charge in [0.1, 0.15) is 5.69 Å². The first-order valence-electron chi connectivity index (χ1n) is 6.27. The molecule has 0 aliphatic heterocycles. The van der Waals surface area contributed by atoms with Crippen LogP contribution < -0.4 is 10.4 Å². The summed E-state index contributed by atoms with van der Waals surface area (Å²) in [6.07, 6.45) is -5.13. The quantitative estimate of drug-likeness (QED) is 0.691. The highest BCUT2D eigenvalue weighted by Gasteiger charge is 2.40. The van der Waals surface area contributed by atoms with E-state index in [4.69, 9.17) is 0 Å². The minimum Gasteiger partial charge on any atom is -0.263 e. The Hall–Kier alpha value is -3.10. The van der Waals surface area contributed by atoms with E-state index in [-0.39, 0.29) is 11.4 Å². The van der Waals surface area contributed by atoms with Crippen molar-refractivity contribution in [1.29, 1.82) is 0 Å². The van der Waals surface area contributed by atoms with Gasteiger partial charge in [0.25, 0.3) is 5.69 Å². The lowest BCUT2D eigenvalue weighted by molar-refractivity contribution is -0.384. The molecule has 2 aromatic rings. The predicted octanol–water partition coefficient (Wildman–Crippen LogP) is 3.33. The summed E-state index contributed by atoms with van der Waals surface area (Å²) in [4.78, 5) is 21.6. The number of hydrogen-bond acceptors (Lipinski definition) is 4. The Morgan fingerprint density at radius 2 is 1.61 bits per heavy atom. The van der Waals surface area contributed by atoms with E-state index in [1.165, 1.54) is 42.5 Å². The van der Waals surface area contributed by atoms with Gasteiger partial charge in [-0.15, -0.1) is 0 Å². The molecule has 0 bridgehead atoms. The van der Waals surface area contributed by atoms with Gasteiger partial charge in [-0.3, -0.25) is 20.3 Å². The number of carbonyl (C=O) groups excluding carboxylic acids is 1. The number of hydrazine groups is 1. The molecule has 0 unspecified atom stereocenters. The Bertz CT molecular complexity index is 720. The Morgan fingerprint density at radius 1 is 1.04 bits per heavy atom. The van der Waals surface area contributed by atoms with Crippen molar-refractivity contribution in [3.63, 3.8) is 0 Å². The van der Waals surface area contributed by atoms with Crippen molar-refractivity contribution in [3.05, 3.63) is 64.7 Å². The number of nitrogens with zero attached hydrogens (tertiary/aromatic N) is 2. The van der Waals surface area contributed by atoms with Gasteiger partial charge in [0, 0.05) is 6.07 Å². The van der Waals surface area contributed by atoms with Crippen LogP contribution in [0.2, 0.25) is 0 Å². The molecule has 1 amide bonds. The van der Waals surface area contributed by atoms with Crippen molar-refractivity contribution >= 4 is 23.0 Å². The van der Waals surface area contributed by atoms with Crippen molar-refractivity contribution in [2.45, 2.75) is 6.18 Å². The van der Waals surface area contributed by atoms with E-state index >= 15 is 0 Å². The Morgan fingerprint density at radius 3 is 2.17 bits per heavy atom. The average molecular weight is 325 g/mol. The fourth-order valence-corrected chi connectivity index (χ4v) is 1.81. The highest BCUT2D eigenvalue weighted by Crippen LogP contribution is 2.32. The molecule has 0 saturated heterocycles. The first kappa shape index (κ1) is 16.3. The third kappa shape index (κ3) is 3.76. The minimum atomic E-state index is -5.13. The number of benzene rings is 2. The van der Waals surface area contributed by atoms with Crippen molar-refractivity contribution < 1.29 is 22.9 Å². The predicted molar refractivity (Wildman–Crippen MR) is 75.9 cm³/mol. The van der Waals surface area contributed by atoms with Gasteiger partial charge in [-0.05, 0) is 18.2 Å². The van der Waals surface area contributed by atoms with E-state index < -0.39 is 22.7 Å². The second-order valence-corrected chi connectivity index (χ2v) is 4.36. The van der Waals surface area contributed by atoms with Crippen LogP contribution in [-0.4, -0.2) is 17.0 Å². The molecule has 0 saturated carbocycles. The lowest BCUT2D eigenvalue weighted by Gasteiger charge is -2.25. The molecule has 2 rings (SSSR count). The summed E-state index contributed by atoms with van der Waals surface area (Å²) < 4.78 is 37.6. The number of anilines is 2. The fraction of sp³-hybridized carbons (Fsp3) is 0.0714. The molecule has 0 aromatic heterocycles. The molecular formula is C14H10F3N3O3. The molecule has 2 aromatic carbocycles. The van der Waals surface area contributed by atoms with Gasteiger partial charge >= 0.3 is 12.1 Å². The van der Waals surface area contributed by atoms with Gasteiger partial charge in [0.2, 0.25) is 0 Å². The summed E-state index contributed by atoms with van der Waals surface area (Å²) in [6.45, 7) is 0. The fourth-order valence-electron chi connectivity index (χ4n) is 1.81. The second kappa shape index (κ2) is 6.34. The first-order valence-corrected chi connectivity index (χ1v) is 6.27. The van der Waals surface area contributed by atoms with Gasteiger partial charge < -0.3 is 0 Å². The number of para-hydroxylation sites is 3. The van der Waals surface area contributed by atoms with Crippen molar-refractivity contribution in [2.24, 2.45) is 0 Å². The molecule has 0 heterocycles. The van der Waals surface area contributed by atoms with Crippen LogP contribution in [-0.2, 0) is 4.79 Å². The van der Waals surface area contributed by atoms with Crippen LogP contribution in [0.1, 0.15) is 0 Å². The Labute approximate surface area is 128 Å². The van der Waals surface area contributed by atoms with E-state index in [0.29, 0.717) is 0 Å². The number of nitro groups is 1. The third-order valence-electron chi connectivity index (χ3n) is 2.80. The van der Waals surface area contributed by atoms with E-state index in [2.05, 4.69) is 0 Å². The highest BCUT2D eigenvalue weighted by molar-refractivity contribution is 5.86. The maximum absolute atomic E-state index is 12.5. The number of carbonyl (C=O) groups is 1. The van der Waals surface area contributed by atoms with Gasteiger partial charge in [0.05, 0.1) is 10.6 Å². The minimum absolute atomic E-state index is 0.138. The summed E-state index contributed by atoms with van der Waals surface area (Å²) in [6, 6.07) is 12.6. The average Bonchev–Trinajstić information content (AvgIpc) is 2.52. The molecular weight excluding hydrogens is 315 g/mol. The zero-order valence-electron chi connectivity index (χ0n) is 11.4. The number of nitro benzene ring substituents is 1. The monoisotopic (exact) mass is 325 g/mol. The maximum atomic E-state index is 12.5.